The Morgan fingerprint density at radius 3 is 2.38 bits per heavy atom. The zero-order valence-electron chi connectivity index (χ0n) is 14.3. The fourth-order valence-electron chi connectivity index (χ4n) is 3.42. The van der Waals surface area contributed by atoms with E-state index in [2.05, 4.69) is 5.32 Å². The number of hydrogen-bond acceptors (Lipinski definition) is 5. The molecule has 2 atom stereocenters. The SMILES string of the molecule is COC(=O)c1ccccc1NC(=O)C1CCC(C)(C(=O)[O-])C1(C)C. The quantitative estimate of drug-likeness (QED) is 0.845. The first-order valence-electron chi connectivity index (χ1n) is 7.85. The maximum atomic E-state index is 12.7. The van der Waals surface area contributed by atoms with Crippen LogP contribution >= 0.6 is 0 Å². The number of rotatable bonds is 4. The molecule has 6 nitrogen and oxygen atoms in total. The van der Waals surface area contributed by atoms with Crippen molar-refractivity contribution in [2.24, 2.45) is 16.7 Å². The molecule has 1 amide bonds. The smallest absolute Gasteiger partial charge is 0.339 e. The predicted molar refractivity (Wildman–Crippen MR) is 86.0 cm³/mol. The van der Waals surface area contributed by atoms with Crippen molar-refractivity contribution in [3.8, 4) is 0 Å². The molecule has 1 fully saturated rings. The van der Waals surface area contributed by atoms with Gasteiger partial charge in [0.15, 0.2) is 0 Å². The first-order valence-corrected chi connectivity index (χ1v) is 7.85. The van der Waals surface area contributed by atoms with Crippen LogP contribution in [-0.2, 0) is 14.3 Å². The van der Waals surface area contributed by atoms with Gasteiger partial charge in [0.2, 0.25) is 5.91 Å². The minimum absolute atomic E-state index is 0.256. The summed E-state index contributed by atoms with van der Waals surface area (Å²) < 4.78 is 4.71. The van der Waals surface area contributed by atoms with Gasteiger partial charge in [0.05, 0.1) is 18.4 Å². The molecule has 1 saturated carbocycles. The van der Waals surface area contributed by atoms with E-state index in [9.17, 15) is 19.5 Å². The average molecular weight is 332 g/mol. The molecule has 1 N–H and O–H groups in total. The Bertz CT molecular complexity index is 682. The van der Waals surface area contributed by atoms with Crippen molar-refractivity contribution < 1.29 is 24.2 Å². The molecule has 0 spiro atoms. The number of carbonyl (C=O) groups is 3. The molecule has 2 rings (SSSR count). The molecule has 0 heterocycles. The van der Waals surface area contributed by atoms with Crippen molar-refractivity contribution >= 4 is 23.5 Å². The van der Waals surface area contributed by atoms with Gasteiger partial charge in [-0.1, -0.05) is 32.9 Å². The van der Waals surface area contributed by atoms with Gasteiger partial charge in [-0.3, -0.25) is 4.79 Å². The van der Waals surface area contributed by atoms with E-state index in [0.717, 1.165) is 0 Å². The molecule has 24 heavy (non-hydrogen) atoms. The summed E-state index contributed by atoms with van der Waals surface area (Å²) in [4.78, 5) is 36.1. The molecule has 130 valence electrons. The fourth-order valence-corrected chi connectivity index (χ4v) is 3.42. The summed E-state index contributed by atoms with van der Waals surface area (Å²) >= 11 is 0. The lowest BCUT2D eigenvalue weighted by Gasteiger charge is -2.41. The van der Waals surface area contributed by atoms with Gasteiger partial charge in [-0.05, 0) is 30.4 Å². The third kappa shape index (κ3) is 2.77. The van der Waals surface area contributed by atoms with Gasteiger partial charge in [0, 0.05) is 17.3 Å². The Labute approximate surface area is 141 Å². The molecule has 0 radical (unpaired) electrons. The molecule has 1 aliphatic rings. The van der Waals surface area contributed by atoms with E-state index in [1.165, 1.54) is 7.11 Å². The highest BCUT2D eigenvalue weighted by atomic mass is 16.5. The molecule has 1 aliphatic carbocycles. The number of carboxylic acids is 1. The van der Waals surface area contributed by atoms with Gasteiger partial charge < -0.3 is 20.0 Å². The highest BCUT2D eigenvalue weighted by Gasteiger charge is 2.54. The maximum absolute atomic E-state index is 12.7. The fraction of sp³-hybridized carbons (Fsp3) is 0.500. The lowest BCUT2D eigenvalue weighted by molar-refractivity contribution is -0.323. The summed E-state index contributed by atoms with van der Waals surface area (Å²) in [5.74, 6) is -2.48. The molecule has 0 aliphatic heterocycles. The highest BCUT2D eigenvalue weighted by Crippen LogP contribution is 2.55. The third-order valence-electron chi connectivity index (χ3n) is 5.58. The van der Waals surface area contributed by atoms with Crippen LogP contribution in [0.25, 0.3) is 0 Å². The molecular formula is C18H22NO5-. The molecule has 1 aromatic carbocycles. The van der Waals surface area contributed by atoms with Gasteiger partial charge in [0.1, 0.15) is 0 Å². The Hall–Kier alpha value is -2.37. The summed E-state index contributed by atoms with van der Waals surface area (Å²) in [6.07, 6.45) is 0.822. The third-order valence-corrected chi connectivity index (χ3v) is 5.58. The number of carbonyl (C=O) groups excluding carboxylic acids is 3. The summed E-state index contributed by atoms with van der Waals surface area (Å²) in [7, 11) is 1.27. The largest absolute Gasteiger partial charge is 0.550 e. The van der Waals surface area contributed by atoms with Crippen LogP contribution in [0.2, 0.25) is 0 Å². The molecule has 2 unspecified atom stereocenters. The van der Waals surface area contributed by atoms with Gasteiger partial charge >= 0.3 is 5.97 Å². The zero-order chi connectivity index (χ0) is 18.1. The van der Waals surface area contributed by atoms with Crippen LogP contribution in [0.3, 0.4) is 0 Å². The summed E-state index contributed by atoms with van der Waals surface area (Å²) in [6, 6.07) is 6.55. The standard InChI is InChI=1S/C18H23NO5/c1-17(2)12(9-10-18(17,3)16(22)23)14(20)19-13-8-6-5-7-11(13)15(21)24-4/h5-8,12H,9-10H2,1-4H3,(H,19,20)(H,22,23)/p-1. The molecule has 0 aromatic heterocycles. The van der Waals surface area contributed by atoms with Crippen LogP contribution in [0.5, 0.6) is 0 Å². The normalized spacial score (nSPS) is 25.1. The number of amides is 1. The van der Waals surface area contributed by atoms with Crippen molar-refractivity contribution in [2.45, 2.75) is 33.6 Å². The number of ether oxygens (including phenoxy) is 1. The lowest BCUT2D eigenvalue weighted by atomic mass is 9.65. The summed E-state index contributed by atoms with van der Waals surface area (Å²) in [6.45, 7) is 5.16. The van der Waals surface area contributed by atoms with Crippen molar-refractivity contribution in [1.82, 2.24) is 0 Å². The number of methoxy groups -OCH3 is 1. The minimum atomic E-state index is -1.14. The second-order valence-electron chi connectivity index (χ2n) is 6.96. The van der Waals surface area contributed by atoms with Crippen molar-refractivity contribution in [2.75, 3.05) is 12.4 Å². The number of aliphatic carboxylic acids is 1. The maximum Gasteiger partial charge on any atom is 0.339 e. The Balaban J connectivity index is 2.26. The van der Waals surface area contributed by atoms with E-state index in [4.69, 9.17) is 4.74 Å². The first kappa shape index (κ1) is 18.0. The number of nitrogens with one attached hydrogen (secondary N) is 1. The van der Waals surface area contributed by atoms with E-state index < -0.39 is 28.7 Å². The summed E-state index contributed by atoms with van der Waals surface area (Å²) in [5, 5.41) is 14.3. The highest BCUT2D eigenvalue weighted by molar-refractivity contribution is 6.02. The lowest BCUT2D eigenvalue weighted by Crippen LogP contribution is -2.49. The number of esters is 1. The molecule has 6 heteroatoms. The van der Waals surface area contributed by atoms with Crippen LogP contribution in [0, 0.1) is 16.7 Å². The van der Waals surface area contributed by atoms with Gasteiger partial charge in [-0.2, -0.15) is 0 Å². The molecule has 1 aromatic rings. The average Bonchev–Trinajstić information content (AvgIpc) is 2.78. The first-order chi connectivity index (χ1) is 11.1. The second-order valence-corrected chi connectivity index (χ2v) is 6.96. The summed E-state index contributed by atoms with van der Waals surface area (Å²) in [5.41, 5.74) is -1.23. The number of hydrogen-bond donors (Lipinski definition) is 1. The van der Waals surface area contributed by atoms with Crippen LogP contribution in [0.1, 0.15) is 44.0 Å². The van der Waals surface area contributed by atoms with E-state index in [1.54, 1.807) is 45.0 Å². The topological polar surface area (TPSA) is 95.5 Å². The Morgan fingerprint density at radius 2 is 1.83 bits per heavy atom. The number of para-hydroxylation sites is 1. The van der Waals surface area contributed by atoms with E-state index >= 15 is 0 Å². The molecule has 0 bridgehead atoms. The van der Waals surface area contributed by atoms with E-state index in [0.29, 0.717) is 18.5 Å². The van der Waals surface area contributed by atoms with Crippen LogP contribution in [-0.4, -0.2) is 25.0 Å². The number of benzene rings is 1. The van der Waals surface area contributed by atoms with E-state index in [-0.39, 0.29) is 11.5 Å². The Morgan fingerprint density at radius 1 is 1.21 bits per heavy atom. The molecular weight excluding hydrogens is 310 g/mol. The number of carboxylic acid groups (broad SMARTS) is 1. The molecule has 0 saturated heterocycles. The van der Waals surface area contributed by atoms with Crippen LogP contribution in [0.15, 0.2) is 24.3 Å². The minimum Gasteiger partial charge on any atom is -0.550 e. The van der Waals surface area contributed by atoms with Crippen LogP contribution in [0.4, 0.5) is 5.69 Å². The van der Waals surface area contributed by atoms with Crippen molar-refractivity contribution in [3.63, 3.8) is 0 Å². The van der Waals surface area contributed by atoms with E-state index in [1.807, 2.05) is 0 Å². The van der Waals surface area contributed by atoms with Crippen molar-refractivity contribution in [1.29, 1.82) is 0 Å². The predicted octanol–water partition coefficient (Wildman–Crippen LogP) is 1.60. The zero-order valence-corrected chi connectivity index (χ0v) is 14.3. The second kappa shape index (κ2) is 6.26. The van der Waals surface area contributed by atoms with Crippen molar-refractivity contribution in [3.05, 3.63) is 29.8 Å². The van der Waals surface area contributed by atoms with Gasteiger partial charge in [0.25, 0.3) is 0 Å². The Kier molecular flexibility index (Phi) is 4.69. The van der Waals surface area contributed by atoms with Gasteiger partial charge in [-0.25, -0.2) is 4.79 Å². The monoisotopic (exact) mass is 332 g/mol. The van der Waals surface area contributed by atoms with Gasteiger partial charge in [-0.15, -0.1) is 0 Å². The van der Waals surface area contributed by atoms with Crippen LogP contribution < -0.4 is 10.4 Å². The number of anilines is 1.